The van der Waals surface area contributed by atoms with Gasteiger partial charge in [0.05, 0.1) is 12.0 Å². The van der Waals surface area contributed by atoms with Gasteiger partial charge in [-0.15, -0.1) is 0 Å². The van der Waals surface area contributed by atoms with Crippen molar-refractivity contribution in [3.05, 3.63) is 54.1 Å². The van der Waals surface area contributed by atoms with Gasteiger partial charge in [0.2, 0.25) is 10.0 Å². The normalized spacial score (nSPS) is 15.4. The third kappa shape index (κ3) is 6.43. The zero-order valence-corrected chi connectivity index (χ0v) is 18.7. The zero-order valence-electron chi connectivity index (χ0n) is 17.9. The summed E-state index contributed by atoms with van der Waals surface area (Å²) in [6, 6.07) is 14.0. The van der Waals surface area contributed by atoms with Crippen LogP contribution in [-0.2, 0) is 14.8 Å². The Bertz CT molecular complexity index is 971. The molecule has 1 saturated heterocycles. The maximum Gasteiger partial charge on any atom is 0.257 e. The van der Waals surface area contributed by atoms with Crippen molar-refractivity contribution in [1.82, 2.24) is 14.5 Å². The Balaban J connectivity index is 1.37. The zero-order chi connectivity index (χ0) is 22.3. The summed E-state index contributed by atoms with van der Waals surface area (Å²) in [6.07, 6.45) is 0. The highest BCUT2D eigenvalue weighted by Crippen LogP contribution is 2.19. The lowest BCUT2D eigenvalue weighted by Crippen LogP contribution is -2.50. The van der Waals surface area contributed by atoms with E-state index in [1.807, 2.05) is 19.1 Å². The fraction of sp³-hybridized carbons (Fsp3) is 0.409. The summed E-state index contributed by atoms with van der Waals surface area (Å²) in [6.45, 7) is 5.11. The standard InChI is InChI=1S/C22H29N3O5S/c1-18-6-8-21(9-7-18)31(27,28)25-14-12-24(13-15-25)11-10-23-22(26)17-30-20-5-3-4-19(16-20)29-2/h3-9,16H,10-15,17H2,1-2H3,(H,23,26). The van der Waals surface area contributed by atoms with E-state index in [0.29, 0.717) is 55.7 Å². The quantitative estimate of drug-likeness (QED) is 0.627. The molecule has 168 valence electrons. The summed E-state index contributed by atoms with van der Waals surface area (Å²) in [5, 5.41) is 2.83. The fourth-order valence-corrected chi connectivity index (χ4v) is 4.72. The van der Waals surface area contributed by atoms with E-state index in [0.717, 1.165) is 5.56 Å². The molecule has 0 saturated carbocycles. The average molecular weight is 448 g/mol. The molecule has 2 aromatic carbocycles. The molecule has 0 atom stereocenters. The van der Waals surface area contributed by atoms with E-state index in [1.54, 1.807) is 43.5 Å². The van der Waals surface area contributed by atoms with E-state index in [4.69, 9.17) is 9.47 Å². The van der Waals surface area contributed by atoms with Gasteiger partial charge in [0, 0.05) is 45.3 Å². The number of hydrogen-bond donors (Lipinski definition) is 1. The summed E-state index contributed by atoms with van der Waals surface area (Å²) >= 11 is 0. The predicted octanol–water partition coefficient (Wildman–Crippen LogP) is 1.51. The van der Waals surface area contributed by atoms with Crippen LogP contribution in [0.3, 0.4) is 0 Å². The summed E-state index contributed by atoms with van der Waals surface area (Å²) in [7, 11) is -1.89. The second-order valence-corrected chi connectivity index (χ2v) is 9.31. The molecule has 0 unspecified atom stereocenters. The first-order chi connectivity index (χ1) is 14.9. The molecule has 2 aromatic rings. The monoisotopic (exact) mass is 447 g/mol. The van der Waals surface area contributed by atoms with Crippen molar-refractivity contribution in [1.29, 1.82) is 0 Å². The highest BCUT2D eigenvalue weighted by molar-refractivity contribution is 7.89. The molecule has 8 nitrogen and oxygen atoms in total. The van der Waals surface area contributed by atoms with Crippen molar-refractivity contribution in [2.24, 2.45) is 0 Å². The maximum absolute atomic E-state index is 12.8. The van der Waals surface area contributed by atoms with Gasteiger partial charge in [-0.25, -0.2) is 8.42 Å². The number of hydrogen-bond acceptors (Lipinski definition) is 6. The van der Waals surface area contributed by atoms with Gasteiger partial charge in [-0.05, 0) is 31.2 Å². The van der Waals surface area contributed by atoms with E-state index in [2.05, 4.69) is 10.2 Å². The second kappa shape index (κ2) is 10.6. The number of rotatable bonds is 9. The Morgan fingerprint density at radius 1 is 1.03 bits per heavy atom. The smallest absolute Gasteiger partial charge is 0.257 e. The molecule has 1 fully saturated rings. The highest BCUT2D eigenvalue weighted by Gasteiger charge is 2.28. The summed E-state index contributed by atoms with van der Waals surface area (Å²) < 4.78 is 37.7. The number of carbonyl (C=O) groups excluding carboxylic acids is 1. The average Bonchev–Trinajstić information content (AvgIpc) is 2.78. The largest absolute Gasteiger partial charge is 0.497 e. The highest BCUT2D eigenvalue weighted by atomic mass is 32.2. The molecule has 1 heterocycles. The molecule has 1 aliphatic heterocycles. The van der Waals surface area contributed by atoms with Gasteiger partial charge >= 0.3 is 0 Å². The molecule has 1 N–H and O–H groups in total. The minimum absolute atomic E-state index is 0.0737. The number of nitrogens with one attached hydrogen (secondary N) is 1. The van der Waals surface area contributed by atoms with Gasteiger partial charge in [0.15, 0.2) is 6.61 Å². The van der Waals surface area contributed by atoms with Crippen molar-refractivity contribution in [2.75, 3.05) is 53.0 Å². The van der Waals surface area contributed by atoms with Crippen LogP contribution < -0.4 is 14.8 Å². The van der Waals surface area contributed by atoms with Gasteiger partial charge in [-0.3, -0.25) is 9.69 Å². The number of nitrogens with zero attached hydrogens (tertiary/aromatic N) is 2. The molecule has 0 spiro atoms. The first-order valence-electron chi connectivity index (χ1n) is 10.2. The lowest BCUT2D eigenvalue weighted by Gasteiger charge is -2.34. The Kier molecular flexibility index (Phi) is 7.89. The second-order valence-electron chi connectivity index (χ2n) is 7.38. The number of sulfonamides is 1. The molecule has 1 amide bonds. The van der Waals surface area contributed by atoms with Gasteiger partial charge in [0.25, 0.3) is 5.91 Å². The molecule has 9 heteroatoms. The third-order valence-corrected chi connectivity index (χ3v) is 7.06. The van der Waals surface area contributed by atoms with Crippen LogP contribution in [0.5, 0.6) is 11.5 Å². The Morgan fingerprint density at radius 2 is 1.71 bits per heavy atom. The Hall–Kier alpha value is -2.62. The van der Waals surface area contributed by atoms with Crippen LogP contribution in [0.2, 0.25) is 0 Å². The van der Waals surface area contributed by atoms with Gasteiger partial charge in [-0.2, -0.15) is 4.31 Å². The van der Waals surface area contributed by atoms with Crippen molar-refractivity contribution >= 4 is 15.9 Å². The molecule has 3 rings (SSSR count). The van der Waals surface area contributed by atoms with E-state index in [1.165, 1.54) is 4.31 Å². The summed E-state index contributed by atoms with van der Waals surface area (Å²) in [5.41, 5.74) is 1.03. The molecular formula is C22H29N3O5S. The summed E-state index contributed by atoms with van der Waals surface area (Å²) in [4.78, 5) is 14.5. The van der Waals surface area contributed by atoms with E-state index in [-0.39, 0.29) is 12.5 Å². The first-order valence-corrected chi connectivity index (χ1v) is 11.7. The number of methoxy groups -OCH3 is 1. The van der Waals surface area contributed by atoms with E-state index in [9.17, 15) is 13.2 Å². The number of amides is 1. The van der Waals surface area contributed by atoms with Crippen LogP contribution in [0.4, 0.5) is 0 Å². The van der Waals surface area contributed by atoms with Crippen molar-refractivity contribution in [2.45, 2.75) is 11.8 Å². The van der Waals surface area contributed by atoms with E-state index < -0.39 is 10.0 Å². The minimum atomic E-state index is -3.46. The molecule has 31 heavy (non-hydrogen) atoms. The van der Waals surface area contributed by atoms with Crippen LogP contribution in [0, 0.1) is 6.92 Å². The number of ether oxygens (including phenoxy) is 2. The summed E-state index contributed by atoms with van der Waals surface area (Å²) in [5.74, 6) is 1.03. The van der Waals surface area contributed by atoms with Crippen molar-refractivity contribution in [3.63, 3.8) is 0 Å². The number of carbonyl (C=O) groups is 1. The van der Waals surface area contributed by atoms with Gasteiger partial charge < -0.3 is 14.8 Å². The molecule has 0 aliphatic carbocycles. The van der Waals surface area contributed by atoms with Crippen LogP contribution in [0.1, 0.15) is 5.56 Å². The van der Waals surface area contributed by atoms with E-state index >= 15 is 0 Å². The van der Waals surface area contributed by atoms with Crippen LogP contribution in [-0.4, -0.2) is 76.5 Å². The third-order valence-electron chi connectivity index (χ3n) is 5.15. The molecule has 0 bridgehead atoms. The molecule has 0 aromatic heterocycles. The Morgan fingerprint density at radius 3 is 2.39 bits per heavy atom. The molecule has 0 radical (unpaired) electrons. The van der Waals surface area contributed by atoms with Crippen molar-refractivity contribution < 1.29 is 22.7 Å². The van der Waals surface area contributed by atoms with Crippen molar-refractivity contribution in [3.8, 4) is 11.5 Å². The molecular weight excluding hydrogens is 418 g/mol. The van der Waals surface area contributed by atoms with Crippen LogP contribution in [0.15, 0.2) is 53.4 Å². The topological polar surface area (TPSA) is 88.2 Å². The fourth-order valence-electron chi connectivity index (χ4n) is 3.30. The lowest BCUT2D eigenvalue weighted by molar-refractivity contribution is -0.123. The first kappa shape index (κ1) is 23.1. The van der Waals surface area contributed by atoms with Gasteiger partial charge in [-0.1, -0.05) is 23.8 Å². The number of benzene rings is 2. The Labute approximate surface area is 183 Å². The minimum Gasteiger partial charge on any atom is -0.497 e. The SMILES string of the molecule is COc1cccc(OCC(=O)NCCN2CCN(S(=O)(=O)c3ccc(C)cc3)CC2)c1. The van der Waals surface area contributed by atoms with Crippen LogP contribution >= 0.6 is 0 Å². The maximum atomic E-state index is 12.8. The number of piperazine rings is 1. The van der Waals surface area contributed by atoms with Gasteiger partial charge in [0.1, 0.15) is 11.5 Å². The molecule has 1 aliphatic rings. The number of aryl methyl sites for hydroxylation is 1. The lowest BCUT2D eigenvalue weighted by atomic mass is 10.2. The van der Waals surface area contributed by atoms with Crippen LogP contribution in [0.25, 0.3) is 0 Å². The predicted molar refractivity (Wildman–Crippen MR) is 118 cm³/mol.